The molecule has 11 nitrogen and oxygen atoms in total. The summed E-state index contributed by atoms with van der Waals surface area (Å²) >= 11 is 0. The SMILES string of the molecule is COc1cc(CC(C)F)ccc1O[C@@H]1OC(COC(C)=O)[C@H](OC(C)=O)[C@H](OC(C)=O)[C@H]1OC(C)=O. The Hall–Kier alpha value is -3.41. The van der Waals surface area contributed by atoms with Crippen molar-refractivity contribution in [3.63, 3.8) is 0 Å². The largest absolute Gasteiger partial charge is 0.493 e. The Morgan fingerprint density at radius 1 is 0.889 bits per heavy atom. The minimum absolute atomic E-state index is 0.147. The lowest BCUT2D eigenvalue weighted by molar-refractivity contribution is -0.288. The topological polar surface area (TPSA) is 133 Å². The number of hydrogen-bond donors (Lipinski definition) is 0. The number of ether oxygens (including phenoxy) is 7. The van der Waals surface area contributed by atoms with Crippen LogP contribution in [0.15, 0.2) is 18.2 Å². The highest BCUT2D eigenvalue weighted by molar-refractivity contribution is 5.68. The molecule has 1 fully saturated rings. The molecule has 0 spiro atoms. The molecule has 1 saturated heterocycles. The van der Waals surface area contributed by atoms with E-state index in [0.29, 0.717) is 5.56 Å². The van der Waals surface area contributed by atoms with E-state index in [2.05, 4.69) is 0 Å². The zero-order valence-electron chi connectivity index (χ0n) is 21.0. The van der Waals surface area contributed by atoms with Gasteiger partial charge in [0.25, 0.3) is 0 Å². The molecule has 0 saturated carbocycles. The van der Waals surface area contributed by atoms with Gasteiger partial charge >= 0.3 is 23.9 Å². The lowest BCUT2D eigenvalue weighted by atomic mass is 9.98. The second-order valence-corrected chi connectivity index (χ2v) is 8.16. The smallest absolute Gasteiger partial charge is 0.303 e. The molecule has 0 aliphatic carbocycles. The van der Waals surface area contributed by atoms with Crippen molar-refractivity contribution in [1.29, 1.82) is 0 Å². The quantitative estimate of drug-likeness (QED) is 0.336. The average molecular weight is 514 g/mol. The third-order valence-electron chi connectivity index (χ3n) is 4.94. The van der Waals surface area contributed by atoms with Crippen LogP contribution < -0.4 is 9.47 Å². The number of methoxy groups -OCH3 is 1. The summed E-state index contributed by atoms with van der Waals surface area (Å²) in [5.41, 5.74) is 0.649. The van der Waals surface area contributed by atoms with Gasteiger partial charge in [-0.1, -0.05) is 6.07 Å². The van der Waals surface area contributed by atoms with Crippen LogP contribution >= 0.6 is 0 Å². The first-order valence-electron chi connectivity index (χ1n) is 11.2. The highest BCUT2D eigenvalue weighted by atomic mass is 19.1. The van der Waals surface area contributed by atoms with Crippen LogP contribution in [0.1, 0.15) is 40.2 Å². The Morgan fingerprint density at radius 3 is 2.00 bits per heavy atom. The predicted octanol–water partition coefficient (Wildman–Crippen LogP) is 2.06. The Morgan fingerprint density at radius 2 is 1.47 bits per heavy atom. The number of halogens is 1. The van der Waals surface area contributed by atoms with Gasteiger partial charge < -0.3 is 33.2 Å². The van der Waals surface area contributed by atoms with E-state index in [1.54, 1.807) is 12.1 Å². The molecule has 1 aromatic rings. The Kier molecular flexibility index (Phi) is 10.5. The summed E-state index contributed by atoms with van der Waals surface area (Å²) in [6.07, 6.45) is -7.56. The van der Waals surface area contributed by atoms with Crippen LogP contribution in [0.25, 0.3) is 0 Å². The van der Waals surface area contributed by atoms with E-state index in [-0.39, 0.29) is 24.5 Å². The van der Waals surface area contributed by atoms with Gasteiger partial charge in [0, 0.05) is 34.1 Å². The van der Waals surface area contributed by atoms with E-state index < -0.39 is 60.8 Å². The summed E-state index contributed by atoms with van der Waals surface area (Å²) in [7, 11) is 1.39. The molecule has 0 radical (unpaired) electrons. The summed E-state index contributed by atoms with van der Waals surface area (Å²) in [5, 5.41) is 0. The molecule has 1 aliphatic rings. The van der Waals surface area contributed by atoms with Crippen LogP contribution in [0.5, 0.6) is 11.5 Å². The fraction of sp³-hybridized carbons (Fsp3) is 0.583. The summed E-state index contributed by atoms with van der Waals surface area (Å²) in [6.45, 7) is 5.59. The Labute approximate surface area is 208 Å². The van der Waals surface area contributed by atoms with Gasteiger partial charge in [-0.05, 0) is 24.6 Å². The van der Waals surface area contributed by atoms with Gasteiger partial charge in [-0.25, -0.2) is 4.39 Å². The molecule has 0 bridgehead atoms. The number of rotatable bonds is 10. The van der Waals surface area contributed by atoms with Crippen molar-refractivity contribution in [3.8, 4) is 11.5 Å². The third-order valence-corrected chi connectivity index (χ3v) is 4.94. The molecule has 0 N–H and O–H groups in total. The second-order valence-electron chi connectivity index (χ2n) is 8.16. The fourth-order valence-electron chi connectivity index (χ4n) is 3.67. The van der Waals surface area contributed by atoms with E-state index in [4.69, 9.17) is 33.2 Å². The van der Waals surface area contributed by atoms with Crippen LogP contribution in [0, 0.1) is 0 Å². The first-order chi connectivity index (χ1) is 16.9. The van der Waals surface area contributed by atoms with Crippen molar-refractivity contribution in [1.82, 2.24) is 0 Å². The standard InChI is InChI=1S/C24H31FO11/c1-12(25)9-17-7-8-18(19(10-17)30-6)35-24-23(34-16(5)29)22(33-15(4)28)21(32-14(3)27)20(36-24)11-31-13(2)26/h7-8,10,12,20-24H,9,11H2,1-6H3/t12?,20?,21-,22-,23+,24+/m0/s1. The molecule has 6 atom stereocenters. The van der Waals surface area contributed by atoms with Crippen LogP contribution in [0.3, 0.4) is 0 Å². The number of alkyl halides is 1. The molecule has 0 amide bonds. The Bertz CT molecular complexity index is 948. The van der Waals surface area contributed by atoms with Crippen LogP contribution in [-0.2, 0) is 49.3 Å². The lowest BCUT2D eigenvalue weighted by Gasteiger charge is -2.44. The fourth-order valence-corrected chi connectivity index (χ4v) is 3.67. The van der Waals surface area contributed by atoms with E-state index in [1.807, 2.05) is 0 Å². The highest BCUT2D eigenvalue weighted by Gasteiger charge is 2.53. The van der Waals surface area contributed by atoms with Gasteiger partial charge in [-0.2, -0.15) is 0 Å². The van der Waals surface area contributed by atoms with Crippen molar-refractivity contribution in [3.05, 3.63) is 23.8 Å². The molecule has 2 rings (SSSR count). The molecule has 1 aromatic carbocycles. The van der Waals surface area contributed by atoms with Gasteiger partial charge in [-0.15, -0.1) is 0 Å². The van der Waals surface area contributed by atoms with Gasteiger partial charge in [0.2, 0.25) is 12.4 Å². The second kappa shape index (κ2) is 13.1. The summed E-state index contributed by atoms with van der Waals surface area (Å²) in [5.74, 6) is -2.51. The predicted molar refractivity (Wildman–Crippen MR) is 120 cm³/mol. The maximum absolute atomic E-state index is 13.5. The van der Waals surface area contributed by atoms with Gasteiger partial charge in [0.15, 0.2) is 23.7 Å². The van der Waals surface area contributed by atoms with Gasteiger partial charge in [0.1, 0.15) is 18.9 Å². The number of esters is 4. The normalized spacial score (nSPS) is 24.1. The number of hydrogen-bond acceptors (Lipinski definition) is 11. The third kappa shape index (κ3) is 8.36. The summed E-state index contributed by atoms with van der Waals surface area (Å²) < 4.78 is 51.8. The monoisotopic (exact) mass is 514 g/mol. The molecule has 36 heavy (non-hydrogen) atoms. The van der Waals surface area contributed by atoms with E-state index in [0.717, 1.165) is 20.8 Å². The van der Waals surface area contributed by atoms with Gasteiger partial charge in [0.05, 0.1) is 7.11 Å². The van der Waals surface area contributed by atoms with E-state index in [1.165, 1.54) is 27.0 Å². The maximum Gasteiger partial charge on any atom is 0.303 e. The molecule has 1 heterocycles. The van der Waals surface area contributed by atoms with E-state index in [9.17, 15) is 23.6 Å². The highest BCUT2D eigenvalue weighted by Crippen LogP contribution is 2.35. The van der Waals surface area contributed by atoms with Crippen LogP contribution in [0.2, 0.25) is 0 Å². The lowest BCUT2D eigenvalue weighted by Crippen LogP contribution is -2.63. The molecule has 200 valence electrons. The van der Waals surface area contributed by atoms with Crippen molar-refractivity contribution in [2.75, 3.05) is 13.7 Å². The molecule has 12 heteroatoms. The average Bonchev–Trinajstić information content (AvgIpc) is 2.76. The molecule has 2 unspecified atom stereocenters. The molecular formula is C24H31FO11. The first kappa shape index (κ1) is 28.8. The Balaban J connectivity index is 2.49. The van der Waals surface area contributed by atoms with Crippen LogP contribution in [-0.4, -0.2) is 74.5 Å². The van der Waals surface area contributed by atoms with E-state index >= 15 is 0 Å². The van der Waals surface area contributed by atoms with Crippen molar-refractivity contribution in [2.24, 2.45) is 0 Å². The molecule has 1 aliphatic heterocycles. The number of benzene rings is 1. The summed E-state index contributed by atoms with van der Waals surface area (Å²) in [4.78, 5) is 47.1. The minimum Gasteiger partial charge on any atom is -0.493 e. The molecular weight excluding hydrogens is 483 g/mol. The number of carbonyl (C=O) groups excluding carboxylic acids is 4. The summed E-state index contributed by atoms with van der Waals surface area (Å²) in [6, 6.07) is 4.72. The van der Waals surface area contributed by atoms with Crippen LogP contribution in [0.4, 0.5) is 4.39 Å². The van der Waals surface area contributed by atoms with Crippen molar-refractivity contribution in [2.45, 2.75) is 77.9 Å². The first-order valence-corrected chi connectivity index (χ1v) is 11.2. The number of carbonyl (C=O) groups is 4. The van der Waals surface area contributed by atoms with Gasteiger partial charge in [-0.3, -0.25) is 19.2 Å². The zero-order valence-corrected chi connectivity index (χ0v) is 21.0. The minimum atomic E-state index is -1.41. The van der Waals surface area contributed by atoms with Crippen molar-refractivity contribution < 1.29 is 56.7 Å². The zero-order chi connectivity index (χ0) is 27.0. The molecule has 0 aromatic heterocycles. The maximum atomic E-state index is 13.5. The van der Waals surface area contributed by atoms with Crippen molar-refractivity contribution >= 4 is 23.9 Å².